The molecule has 0 atom stereocenters. The first-order chi connectivity index (χ1) is 10.0. The van der Waals surface area contributed by atoms with E-state index in [1.807, 2.05) is 0 Å². The summed E-state index contributed by atoms with van der Waals surface area (Å²) in [5.74, 6) is -0.349. The summed E-state index contributed by atoms with van der Waals surface area (Å²) in [5, 5.41) is 28.1. The van der Waals surface area contributed by atoms with Crippen molar-refractivity contribution >= 4 is 17.3 Å². The van der Waals surface area contributed by atoms with E-state index in [0.717, 1.165) is 6.07 Å². The number of phenolic OH excluding ortho intramolecular Hbond substituents is 2. The molecule has 108 valence electrons. The van der Waals surface area contributed by atoms with Crippen molar-refractivity contribution in [2.24, 2.45) is 0 Å². The van der Waals surface area contributed by atoms with Crippen LogP contribution in [-0.2, 0) is 4.79 Å². The van der Waals surface area contributed by atoms with Gasteiger partial charge in [-0.1, -0.05) is 0 Å². The molecule has 7 nitrogen and oxygen atoms in total. The van der Waals surface area contributed by atoms with Crippen molar-refractivity contribution in [3.05, 3.63) is 30.3 Å². The number of amides is 1. The van der Waals surface area contributed by atoms with Gasteiger partial charge in [-0.2, -0.15) is 0 Å². The van der Waals surface area contributed by atoms with Crippen LogP contribution in [0.1, 0.15) is 6.92 Å². The third kappa shape index (κ3) is 2.00. The number of aromatic hydroxyl groups is 2. The van der Waals surface area contributed by atoms with Gasteiger partial charge in [-0.15, -0.1) is 0 Å². The normalized spacial score (nSPS) is 12.2. The molecule has 7 heteroatoms. The van der Waals surface area contributed by atoms with E-state index in [9.17, 15) is 15.0 Å². The number of fused-ring (bicyclic) bond motifs is 2. The molecule has 2 aromatic carbocycles. The number of rotatable bonds is 1. The molecule has 0 saturated carbocycles. The fraction of sp³-hybridized carbons (Fsp3) is 0.0714. The number of anilines is 2. The molecule has 0 radical (unpaired) electrons. The second-order valence-electron chi connectivity index (χ2n) is 4.49. The lowest BCUT2D eigenvalue weighted by atomic mass is 10.1. The third-order valence-electron chi connectivity index (χ3n) is 3.07. The number of hydrogen-bond donors (Lipinski definition) is 3. The number of carbonyl (C=O) groups excluding carboxylic acids is 1. The van der Waals surface area contributed by atoms with Crippen molar-refractivity contribution < 1.29 is 29.9 Å². The van der Waals surface area contributed by atoms with Gasteiger partial charge < -0.3 is 19.8 Å². The molecule has 3 N–H and O–H groups in total. The van der Waals surface area contributed by atoms with Crippen LogP contribution in [0.3, 0.4) is 0 Å². The molecule has 0 fully saturated rings. The summed E-state index contributed by atoms with van der Waals surface area (Å²) in [7, 11) is 0. The minimum absolute atomic E-state index is 0.0283. The van der Waals surface area contributed by atoms with E-state index >= 15 is 0 Å². The average Bonchev–Trinajstić information content (AvgIpc) is 2.43. The van der Waals surface area contributed by atoms with Crippen molar-refractivity contribution in [1.82, 2.24) is 0 Å². The highest BCUT2D eigenvalue weighted by molar-refractivity contribution is 6.05. The topological polar surface area (TPSA) is 99.5 Å². The fourth-order valence-electron chi connectivity index (χ4n) is 2.27. The quantitative estimate of drug-likeness (QED) is 0.551. The van der Waals surface area contributed by atoms with Gasteiger partial charge in [-0.05, 0) is 12.1 Å². The first kappa shape index (κ1) is 13.1. The summed E-state index contributed by atoms with van der Waals surface area (Å²) in [4.78, 5) is 17.5. The second kappa shape index (κ2) is 4.57. The van der Waals surface area contributed by atoms with Crippen LogP contribution < -0.4 is 14.5 Å². The third-order valence-corrected chi connectivity index (χ3v) is 3.07. The van der Waals surface area contributed by atoms with Gasteiger partial charge >= 0.3 is 0 Å². The Labute approximate surface area is 119 Å². The molecule has 0 saturated heterocycles. The Morgan fingerprint density at radius 2 is 1.86 bits per heavy atom. The Bertz CT molecular complexity index is 742. The monoisotopic (exact) mass is 289 g/mol. The number of carbonyl (C=O) groups is 1. The van der Waals surface area contributed by atoms with Crippen LogP contribution in [0.5, 0.6) is 28.7 Å². The molecular formula is C14H11NO6. The van der Waals surface area contributed by atoms with E-state index < -0.39 is 0 Å². The molecule has 0 bridgehead atoms. The molecule has 0 aromatic heterocycles. The van der Waals surface area contributed by atoms with E-state index in [0.29, 0.717) is 5.69 Å². The first-order valence-electron chi connectivity index (χ1n) is 6.01. The highest BCUT2D eigenvalue weighted by Crippen LogP contribution is 2.52. The van der Waals surface area contributed by atoms with Crippen molar-refractivity contribution in [2.45, 2.75) is 6.92 Å². The van der Waals surface area contributed by atoms with Crippen LogP contribution in [0.25, 0.3) is 0 Å². The van der Waals surface area contributed by atoms with Gasteiger partial charge in [0.2, 0.25) is 5.91 Å². The summed E-state index contributed by atoms with van der Waals surface area (Å²) in [6.45, 7) is 1.33. The standard InChI is InChI=1S/C14H11NO6/c1-7(16)15-10-3-2-8(17)4-11(10)20-12-5-9(18)6-13(21-19)14(12)15/h2-6,17-19H,1H3. The lowest BCUT2D eigenvalue weighted by molar-refractivity contribution is -0.137. The molecule has 1 aliphatic heterocycles. The predicted octanol–water partition coefficient (Wildman–Crippen LogP) is 2.74. The predicted molar refractivity (Wildman–Crippen MR) is 72.4 cm³/mol. The summed E-state index contributed by atoms with van der Waals surface area (Å²) < 4.78 is 5.56. The summed E-state index contributed by atoms with van der Waals surface area (Å²) in [6.07, 6.45) is 0. The number of nitrogens with zero attached hydrogens (tertiary/aromatic N) is 1. The number of hydrogen-bond acceptors (Lipinski definition) is 6. The lowest BCUT2D eigenvalue weighted by Gasteiger charge is -2.31. The molecule has 2 aromatic rings. The molecule has 0 aliphatic carbocycles. The summed E-state index contributed by atoms with van der Waals surface area (Å²) >= 11 is 0. The van der Waals surface area contributed by atoms with Gasteiger partial charge in [-0.3, -0.25) is 9.69 Å². The Morgan fingerprint density at radius 1 is 1.14 bits per heavy atom. The van der Waals surface area contributed by atoms with Crippen LogP contribution in [-0.4, -0.2) is 21.4 Å². The van der Waals surface area contributed by atoms with E-state index in [4.69, 9.17) is 9.99 Å². The minimum atomic E-state index is -0.351. The highest BCUT2D eigenvalue weighted by atomic mass is 17.1. The van der Waals surface area contributed by atoms with Crippen LogP contribution in [0.2, 0.25) is 0 Å². The zero-order chi connectivity index (χ0) is 15.1. The van der Waals surface area contributed by atoms with Gasteiger partial charge in [0.1, 0.15) is 17.2 Å². The molecule has 1 aliphatic rings. The van der Waals surface area contributed by atoms with Crippen LogP contribution in [0.15, 0.2) is 30.3 Å². The molecule has 0 unspecified atom stereocenters. The van der Waals surface area contributed by atoms with E-state index in [1.165, 1.54) is 36.1 Å². The number of benzene rings is 2. The summed E-state index contributed by atoms with van der Waals surface area (Å²) in [5.41, 5.74) is 0.553. The minimum Gasteiger partial charge on any atom is -0.508 e. The first-order valence-corrected chi connectivity index (χ1v) is 6.01. The van der Waals surface area contributed by atoms with Crippen molar-refractivity contribution in [1.29, 1.82) is 0 Å². The zero-order valence-corrected chi connectivity index (χ0v) is 10.9. The van der Waals surface area contributed by atoms with Gasteiger partial charge in [0.25, 0.3) is 0 Å². The molecular weight excluding hydrogens is 278 g/mol. The SMILES string of the molecule is CC(=O)N1c2ccc(O)cc2Oc2cc(O)cc(OO)c21. The Balaban J connectivity index is 2.29. The fourth-order valence-corrected chi connectivity index (χ4v) is 2.27. The molecule has 21 heavy (non-hydrogen) atoms. The van der Waals surface area contributed by atoms with Crippen LogP contribution in [0.4, 0.5) is 11.4 Å². The van der Waals surface area contributed by atoms with Crippen molar-refractivity contribution in [3.8, 4) is 28.7 Å². The van der Waals surface area contributed by atoms with E-state index in [1.54, 1.807) is 0 Å². The van der Waals surface area contributed by atoms with Gasteiger partial charge in [0.15, 0.2) is 17.2 Å². The molecule has 0 spiro atoms. The molecule has 1 heterocycles. The Hall–Kier alpha value is -2.93. The zero-order valence-electron chi connectivity index (χ0n) is 10.9. The molecule has 3 rings (SSSR count). The molecule has 1 amide bonds. The van der Waals surface area contributed by atoms with Crippen molar-refractivity contribution in [2.75, 3.05) is 4.90 Å². The maximum absolute atomic E-state index is 12.0. The largest absolute Gasteiger partial charge is 0.508 e. The van der Waals surface area contributed by atoms with Crippen LogP contribution in [0, 0.1) is 0 Å². The van der Waals surface area contributed by atoms with Crippen LogP contribution >= 0.6 is 0 Å². The van der Waals surface area contributed by atoms with E-state index in [-0.39, 0.29) is 40.3 Å². The van der Waals surface area contributed by atoms with Crippen molar-refractivity contribution in [3.63, 3.8) is 0 Å². The van der Waals surface area contributed by atoms with Gasteiger partial charge in [0, 0.05) is 25.1 Å². The Kier molecular flexibility index (Phi) is 2.84. The second-order valence-corrected chi connectivity index (χ2v) is 4.49. The average molecular weight is 289 g/mol. The van der Waals surface area contributed by atoms with E-state index in [2.05, 4.69) is 4.89 Å². The number of phenols is 2. The smallest absolute Gasteiger partial charge is 0.228 e. The lowest BCUT2D eigenvalue weighted by Crippen LogP contribution is -2.26. The highest BCUT2D eigenvalue weighted by Gasteiger charge is 2.31. The maximum atomic E-state index is 12.0. The Morgan fingerprint density at radius 3 is 2.52 bits per heavy atom. The van der Waals surface area contributed by atoms with Gasteiger partial charge in [0.05, 0.1) is 5.69 Å². The van der Waals surface area contributed by atoms with Gasteiger partial charge in [-0.25, -0.2) is 5.26 Å². The number of ether oxygens (including phenoxy) is 1. The summed E-state index contributed by atoms with van der Waals surface area (Å²) in [6, 6.07) is 6.69. The maximum Gasteiger partial charge on any atom is 0.228 e.